The highest BCUT2D eigenvalue weighted by Crippen LogP contribution is 2.33. The average Bonchev–Trinajstić information content (AvgIpc) is 0.814. The number of allylic oxidation sites excluding steroid dienone is 7. The molecular formula is C74H135NO18. The van der Waals surface area contributed by atoms with Crippen LogP contribution < -0.4 is 5.32 Å². The van der Waals surface area contributed by atoms with Gasteiger partial charge in [-0.05, 0) is 64.2 Å². The maximum atomic E-state index is 13.4. The molecule has 0 aromatic rings. The van der Waals surface area contributed by atoms with Gasteiger partial charge in [-0.1, -0.05) is 262 Å². The van der Waals surface area contributed by atoms with Crippen LogP contribution in [-0.2, 0) is 33.2 Å². The summed E-state index contributed by atoms with van der Waals surface area (Å²) >= 11 is 0. The highest BCUT2D eigenvalue weighted by atomic mass is 16.8. The van der Waals surface area contributed by atoms with Gasteiger partial charge in [-0.25, -0.2) is 0 Å². The zero-order chi connectivity index (χ0) is 67.5. The molecule has 17 atom stereocenters. The molecule has 0 radical (unpaired) electrons. The van der Waals surface area contributed by atoms with Crippen molar-refractivity contribution >= 4 is 5.91 Å². The van der Waals surface area contributed by atoms with Gasteiger partial charge in [-0.3, -0.25) is 4.79 Å². The van der Waals surface area contributed by atoms with Crippen molar-refractivity contribution in [2.24, 2.45) is 0 Å². The van der Waals surface area contributed by atoms with Gasteiger partial charge in [0.25, 0.3) is 0 Å². The van der Waals surface area contributed by atoms with E-state index in [1.165, 1.54) is 186 Å². The molecule has 1 amide bonds. The van der Waals surface area contributed by atoms with Gasteiger partial charge >= 0.3 is 0 Å². The number of hydrogen-bond donors (Lipinski definition) is 12. The molecule has 3 fully saturated rings. The molecule has 3 aliphatic rings. The Morgan fingerprint density at radius 2 is 0.720 bits per heavy atom. The Kier molecular flexibility index (Phi) is 50.8. The van der Waals surface area contributed by atoms with Crippen LogP contribution in [0.2, 0.25) is 0 Å². The number of amides is 1. The van der Waals surface area contributed by atoms with E-state index >= 15 is 0 Å². The Morgan fingerprint density at radius 1 is 0.387 bits per heavy atom. The highest BCUT2D eigenvalue weighted by molar-refractivity contribution is 5.76. The second kappa shape index (κ2) is 55.6. The van der Waals surface area contributed by atoms with Crippen molar-refractivity contribution in [1.29, 1.82) is 0 Å². The van der Waals surface area contributed by atoms with Crippen LogP contribution in [0, 0.1) is 0 Å². The van der Waals surface area contributed by atoms with Gasteiger partial charge in [0.05, 0.1) is 38.6 Å². The molecule has 0 aliphatic carbocycles. The van der Waals surface area contributed by atoms with Crippen LogP contribution in [0.4, 0.5) is 0 Å². The Bertz CT molecular complexity index is 1870. The number of unbranched alkanes of at least 4 members (excludes halogenated alkanes) is 36. The molecule has 12 N–H and O–H groups in total. The molecule has 3 saturated heterocycles. The van der Waals surface area contributed by atoms with Gasteiger partial charge in [0.1, 0.15) is 73.2 Å². The summed E-state index contributed by atoms with van der Waals surface area (Å²) in [5, 5.41) is 121. The predicted molar refractivity (Wildman–Crippen MR) is 365 cm³/mol. The van der Waals surface area contributed by atoms with Crippen molar-refractivity contribution in [3.8, 4) is 0 Å². The van der Waals surface area contributed by atoms with E-state index in [-0.39, 0.29) is 18.9 Å². The Hall–Kier alpha value is -2.25. The average molecular weight is 1330 g/mol. The molecule has 19 nitrogen and oxygen atoms in total. The number of aliphatic hydroxyl groups is 11. The summed E-state index contributed by atoms with van der Waals surface area (Å²) in [6.07, 6.45) is 41.2. The summed E-state index contributed by atoms with van der Waals surface area (Å²) in [5.74, 6) is -0.298. The second-order valence-corrected chi connectivity index (χ2v) is 26.7. The summed E-state index contributed by atoms with van der Waals surface area (Å²) in [4.78, 5) is 13.4. The lowest BCUT2D eigenvalue weighted by atomic mass is 9.96. The zero-order valence-electron chi connectivity index (χ0n) is 57.7. The summed E-state index contributed by atoms with van der Waals surface area (Å²) < 4.78 is 34.3. The van der Waals surface area contributed by atoms with Crippen molar-refractivity contribution in [3.63, 3.8) is 0 Å². The number of carbonyl (C=O) groups excluding carboxylic acids is 1. The van der Waals surface area contributed by atoms with Crippen molar-refractivity contribution in [3.05, 3.63) is 48.6 Å². The normalized spacial score (nSPS) is 27.8. The molecule has 0 bridgehead atoms. The Morgan fingerprint density at radius 3 is 1.16 bits per heavy atom. The maximum Gasteiger partial charge on any atom is 0.220 e. The quantitative estimate of drug-likeness (QED) is 0.0199. The van der Waals surface area contributed by atoms with Gasteiger partial charge < -0.3 is 89.9 Å². The van der Waals surface area contributed by atoms with E-state index in [1.54, 1.807) is 6.08 Å². The van der Waals surface area contributed by atoms with Crippen molar-refractivity contribution < 1.29 is 89.4 Å². The van der Waals surface area contributed by atoms with Crippen LogP contribution in [0.25, 0.3) is 0 Å². The lowest BCUT2D eigenvalue weighted by Crippen LogP contribution is -2.66. The van der Waals surface area contributed by atoms with Gasteiger partial charge in [-0.2, -0.15) is 0 Å². The first-order valence-corrected chi connectivity index (χ1v) is 37.4. The number of aliphatic hydroxyl groups excluding tert-OH is 11. The van der Waals surface area contributed by atoms with Crippen LogP contribution in [0.3, 0.4) is 0 Å². The number of ether oxygens (including phenoxy) is 6. The third-order valence-electron chi connectivity index (χ3n) is 18.6. The summed E-state index contributed by atoms with van der Waals surface area (Å²) in [7, 11) is 0. The first-order chi connectivity index (χ1) is 45.3. The van der Waals surface area contributed by atoms with E-state index in [9.17, 15) is 61.0 Å². The standard InChI is InChI=1S/C74H135NO18/c1-3-5-7-9-11-13-15-17-19-20-21-22-23-24-25-26-27-28-29-30-31-32-33-34-35-36-38-39-41-43-45-47-49-51-58(79)57(75-62(80)52-50-48-46-44-42-40-37-18-16-14-12-10-8-6-4-2)56-88-72-68(86)65(83)70(60(54-77)90-72)93-74-69(87)66(84)71(61(55-78)91-74)92-73-67(85)64(82)63(81)59(53-76)89-73/h12,14,18,37,41,43,49,51,57-61,63-74,76-79,81-87H,3-11,13,15-17,19-36,38-40,42,44-48,50,52-56H2,1-2H3,(H,75,80)/b14-12-,37-18-,43-41+,51-49+. The number of nitrogens with one attached hydrogen (secondary N) is 1. The van der Waals surface area contributed by atoms with Crippen molar-refractivity contribution in [1.82, 2.24) is 5.32 Å². The lowest BCUT2D eigenvalue weighted by Gasteiger charge is -2.48. The molecular weight excluding hydrogens is 1190 g/mol. The fraction of sp³-hybridized carbons (Fsp3) is 0.878. The smallest absolute Gasteiger partial charge is 0.220 e. The lowest BCUT2D eigenvalue weighted by molar-refractivity contribution is -0.379. The first-order valence-electron chi connectivity index (χ1n) is 37.4. The Labute approximate surface area is 561 Å². The third kappa shape index (κ3) is 37.0. The van der Waals surface area contributed by atoms with E-state index in [1.807, 2.05) is 6.08 Å². The van der Waals surface area contributed by atoms with Crippen LogP contribution >= 0.6 is 0 Å². The maximum absolute atomic E-state index is 13.4. The topological polar surface area (TPSA) is 307 Å². The first kappa shape index (κ1) is 85.0. The third-order valence-corrected chi connectivity index (χ3v) is 18.6. The minimum atomic E-state index is -1.98. The van der Waals surface area contributed by atoms with E-state index in [0.717, 1.165) is 64.2 Å². The molecule has 17 unspecified atom stereocenters. The SMILES string of the molecule is CCCCC/C=C\C/C=C\CCCCCCCC(=O)NC(COC1OC(CO)C(OC2OC(CO)C(OC3OC(CO)C(O)C(O)C3O)C(O)C2O)C(O)C1O)C(O)/C=C/CC/C=C/CCCCCCCCCCCCCCCCCCCCCCCCCCCCC. The van der Waals surface area contributed by atoms with Crippen molar-refractivity contribution in [2.45, 2.75) is 388 Å². The Balaban J connectivity index is 1.38. The highest BCUT2D eigenvalue weighted by Gasteiger charge is 2.53. The second-order valence-electron chi connectivity index (χ2n) is 26.7. The fourth-order valence-electron chi connectivity index (χ4n) is 12.5. The van der Waals surface area contributed by atoms with E-state index in [0.29, 0.717) is 12.8 Å². The van der Waals surface area contributed by atoms with Crippen LogP contribution in [0.1, 0.15) is 284 Å². The largest absolute Gasteiger partial charge is 0.394 e. The van der Waals surface area contributed by atoms with Gasteiger partial charge in [0.2, 0.25) is 5.91 Å². The minimum absolute atomic E-state index is 0.219. The van der Waals surface area contributed by atoms with E-state index < -0.39 is 124 Å². The fourth-order valence-corrected chi connectivity index (χ4v) is 12.5. The molecule has 544 valence electrons. The predicted octanol–water partition coefficient (Wildman–Crippen LogP) is 10.9. The van der Waals surface area contributed by atoms with Crippen molar-refractivity contribution in [2.75, 3.05) is 26.4 Å². The molecule has 19 heteroatoms. The monoisotopic (exact) mass is 1330 g/mol. The van der Waals surface area contributed by atoms with Crippen LogP contribution in [0.5, 0.6) is 0 Å². The summed E-state index contributed by atoms with van der Waals surface area (Å²) in [5.41, 5.74) is 0. The van der Waals surface area contributed by atoms with E-state index in [2.05, 4.69) is 55.6 Å². The van der Waals surface area contributed by atoms with Gasteiger partial charge in [0, 0.05) is 6.42 Å². The number of rotatable bonds is 58. The molecule has 0 aromatic heterocycles. The molecule has 0 spiro atoms. The van der Waals surface area contributed by atoms with Crippen LogP contribution in [-0.4, -0.2) is 193 Å². The number of hydrogen-bond acceptors (Lipinski definition) is 18. The molecule has 3 heterocycles. The number of carbonyl (C=O) groups is 1. The van der Waals surface area contributed by atoms with Crippen LogP contribution in [0.15, 0.2) is 48.6 Å². The molecule has 3 aliphatic heterocycles. The summed E-state index contributed by atoms with van der Waals surface area (Å²) in [6, 6.07) is -0.999. The zero-order valence-corrected chi connectivity index (χ0v) is 57.7. The van der Waals surface area contributed by atoms with E-state index in [4.69, 9.17) is 28.4 Å². The molecule has 0 aromatic carbocycles. The minimum Gasteiger partial charge on any atom is -0.394 e. The molecule has 93 heavy (non-hydrogen) atoms. The van der Waals surface area contributed by atoms with Gasteiger partial charge in [0.15, 0.2) is 18.9 Å². The molecule has 3 rings (SSSR count). The van der Waals surface area contributed by atoms with Gasteiger partial charge in [-0.15, -0.1) is 0 Å². The molecule has 0 saturated carbocycles. The summed E-state index contributed by atoms with van der Waals surface area (Å²) in [6.45, 7) is 1.69.